The molecule has 3 heterocycles. The van der Waals surface area contributed by atoms with Gasteiger partial charge < -0.3 is 10.0 Å². The summed E-state index contributed by atoms with van der Waals surface area (Å²) in [7, 11) is 0. The molecule has 0 unspecified atom stereocenters. The molecule has 29 heavy (non-hydrogen) atoms. The van der Waals surface area contributed by atoms with E-state index in [9.17, 15) is 0 Å². The minimum absolute atomic E-state index is 0.287. The fourth-order valence-corrected chi connectivity index (χ4v) is 3.75. The van der Waals surface area contributed by atoms with Crippen molar-refractivity contribution in [1.82, 2.24) is 29.8 Å². The minimum atomic E-state index is 0.287. The van der Waals surface area contributed by atoms with Gasteiger partial charge in [-0.05, 0) is 41.5 Å². The zero-order valence-electron chi connectivity index (χ0n) is 15.5. The molecule has 4 aromatic rings. The van der Waals surface area contributed by atoms with Crippen LogP contribution in [0.1, 0.15) is 22.5 Å². The van der Waals surface area contributed by atoms with Crippen LogP contribution in [0.4, 0.5) is 5.95 Å². The Balaban J connectivity index is 1.54. The summed E-state index contributed by atoms with van der Waals surface area (Å²) in [5.41, 5.74) is 4.44. The van der Waals surface area contributed by atoms with Gasteiger partial charge in [0.15, 0.2) is 12.4 Å². The summed E-state index contributed by atoms with van der Waals surface area (Å²) in [6.45, 7) is 2.18. The fourth-order valence-electron chi connectivity index (χ4n) is 3.62. The van der Waals surface area contributed by atoms with Gasteiger partial charge in [-0.1, -0.05) is 23.7 Å². The van der Waals surface area contributed by atoms with Gasteiger partial charge in [0.05, 0.1) is 18.1 Å². The summed E-state index contributed by atoms with van der Waals surface area (Å²) >= 11 is 6.09. The minimum Gasteiger partial charge on any atom is -0.442 e. The van der Waals surface area contributed by atoms with Crippen LogP contribution < -0.4 is 4.90 Å². The number of hydrogen-bond acceptors (Lipinski definition) is 5. The summed E-state index contributed by atoms with van der Waals surface area (Å²) in [5, 5.41) is 25.6. The first-order valence-electron chi connectivity index (χ1n) is 9.26. The molecule has 2 aromatic heterocycles. The van der Waals surface area contributed by atoms with Gasteiger partial charge in [0.1, 0.15) is 6.54 Å². The summed E-state index contributed by atoms with van der Waals surface area (Å²) in [5.74, 6) is 1.50. The molecule has 8 nitrogen and oxygen atoms in total. The molecular formula is C20H19ClN7O+. The number of fused-ring (bicyclic) bond motifs is 1. The van der Waals surface area contributed by atoms with Crippen molar-refractivity contribution in [1.29, 1.82) is 0 Å². The molecule has 0 bridgehead atoms. The van der Waals surface area contributed by atoms with Crippen LogP contribution in [0.2, 0.25) is 5.02 Å². The number of aromatic nitrogens is 6. The van der Waals surface area contributed by atoms with Gasteiger partial charge in [-0.25, -0.2) is 0 Å². The number of benzene rings is 2. The van der Waals surface area contributed by atoms with E-state index in [1.54, 1.807) is 17.2 Å². The summed E-state index contributed by atoms with van der Waals surface area (Å²) in [4.78, 5) is 3.78. The van der Waals surface area contributed by atoms with Crippen molar-refractivity contribution in [2.75, 3.05) is 4.90 Å². The van der Waals surface area contributed by atoms with Crippen molar-refractivity contribution in [2.45, 2.75) is 26.2 Å². The molecule has 0 spiro atoms. The quantitative estimate of drug-likeness (QED) is 0.473. The molecule has 146 valence electrons. The first-order chi connectivity index (χ1) is 14.2. The lowest BCUT2D eigenvalue weighted by Crippen LogP contribution is -2.20. The predicted octanol–water partition coefficient (Wildman–Crippen LogP) is 2.31. The zero-order chi connectivity index (χ0) is 19.8. The van der Waals surface area contributed by atoms with Crippen LogP contribution in [0, 0.1) is 0 Å². The molecule has 0 amide bonds. The highest BCUT2D eigenvalue weighted by molar-refractivity contribution is 6.30. The average molecular weight is 409 g/mol. The van der Waals surface area contributed by atoms with E-state index in [4.69, 9.17) is 16.7 Å². The van der Waals surface area contributed by atoms with Gasteiger partial charge in [0, 0.05) is 23.7 Å². The van der Waals surface area contributed by atoms with E-state index >= 15 is 0 Å². The Labute approximate surface area is 172 Å². The van der Waals surface area contributed by atoms with Crippen LogP contribution in [-0.2, 0) is 26.2 Å². The maximum atomic E-state index is 7.62. The van der Waals surface area contributed by atoms with Crippen molar-refractivity contribution >= 4 is 17.5 Å². The Bertz CT molecular complexity index is 1140. The number of nitrogens with zero attached hydrogens (tertiary/aromatic N) is 7. The lowest BCUT2D eigenvalue weighted by atomic mass is 10.1. The molecule has 0 fully saturated rings. The second kappa shape index (κ2) is 7.31. The second-order valence-electron chi connectivity index (χ2n) is 6.92. The summed E-state index contributed by atoms with van der Waals surface area (Å²) < 4.78 is 2.02. The summed E-state index contributed by atoms with van der Waals surface area (Å²) in [6.07, 6.45) is 3.29. The van der Waals surface area contributed by atoms with E-state index in [0.29, 0.717) is 11.6 Å². The maximum absolute atomic E-state index is 7.62. The molecule has 2 aromatic carbocycles. The van der Waals surface area contributed by atoms with Gasteiger partial charge in [-0.15, -0.1) is 10.2 Å². The Morgan fingerprint density at radius 2 is 1.69 bits per heavy atom. The monoisotopic (exact) mass is 408 g/mol. The van der Waals surface area contributed by atoms with Crippen molar-refractivity contribution in [3.05, 3.63) is 82.4 Å². The van der Waals surface area contributed by atoms with E-state index < -0.39 is 0 Å². The smallest absolute Gasteiger partial charge is 0.232 e. The lowest BCUT2D eigenvalue weighted by Gasteiger charge is -2.18. The SMILES string of the molecule is [OH2+]Cc1ccc2c(c1)CN(c1nnc(Cn3nccn3)n1-c1ccc(Cl)cc1)C2. The normalized spacial score (nSPS) is 13.1. The van der Waals surface area contributed by atoms with Crippen LogP contribution >= 0.6 is 11.6 Å². The highest BCUT2D eigenvalue weighted by Crippen LogP contribution is 2.30. The van der Waals surface area contributed by atoms with Gasteiger partial charge >= 0.3 is 0 Å². The van der Waals surface area contributed by atoms with Crippen molar-refractivity contribution in [3.8, 4) is 5.69 Å². The van der Waals surface area contributed by atoms with E-state index in [0.717, 1.165) is 36.1 Å². The fraction of sp³-hybridized carbons (Fsp3) is 0.200. The topological polar surface area (TPSA) is 87.6 Å². The highest BCUT2D eigenvalue weighted by atomic mass is 35.5. The molecular weight excluding hydrogens is 390 g/mol. The Hall–Kier alpha value is -3.23. The Kier molecular flexibility index (Phi) is 4.49. The molecule has 9 heteroatoms. The van der Waals surface area contributed by atoms with E-state index in [2.05, 4.69) is 37.4 Å². The molecule has 1 aliphatic heterocycles. The van der Waals surface area contributed by atoms with Crippen molar-refractivity contribution in [3.63, 3.8) is 0 Å². The average Bonchev–Trinajstić information content (AvgIpc) is 3.47. The predicted molar refractivity (Wildman–Crippen MR) is 109 cm³/mol. The summed E-state index contributed by atoms with van der Waals surface area (Å²) in [6, 6.07) is 13.9. The molecule has 0 radical (unpaired) electrons. The van der Waals surface area contributed by atoms with Crippen LogP contribution in [0.15, 0.2) is 54.9 Å². The third-order valence-electron chi connectivity index (χ3n) is 5.03. The lowest BCUT2D eigenvalue weighted by molar-refractivity contribution is 0.281. The van der Waals surface area contributed by atoms with Gasteiger partial charge in [0.25, 0.3) is 0 Å². The molecule has 5 rings (SSSR count). The van der Waals surface area contributed by atoms with Gasteiger partial charge in [-0.2, -0.15) is 15.0 Å². The Morgan fingerprint density at radius 1 is 0.931 bits per heavy atom. The zero-order valence-corrected chi connectivity index (χ0v) is 16.3. The molecule has 0 atom stereocenters. The largest absolute Gasteiger partial charge is 0.442 e. The van der Waals surface area contributed by atoms with E-state index in [-0.39, 0.29) is 6.61 Å². The first kappa shape index (κ1) is 17.8. The maximum Gasteiger partial charge on any atom is 0.232 e. The van der Waals surface area contributed by atoms with E-state index in [1.807, 2.05) is 34.9 Å². The van der Waals surface area contributed by atoms with Crippen molar-refractivity contribution < 1.29 is 5.11 Å². The third kappa shape index (κ3) is 3.37. The van der Waals surface area contributed by atoms with Crippen LogP contribution in [0.25, 0.3) is 5.69 Å². The van der Waals surface area contributed by atoms with Gasteiger partial charge in [-0.3, -0.25) is 4.57 Å². The second-order valence-corrected chi connectivity index (χ2v) is 7.36. The molecule has 2 N–H and O–H groups in total. The Morgan fingerprint density at radius 3 is 2.45 bits per heavy atom. The number of hydrogen-bond donors (Lipinski definition) is 0. The van der Waals surface area contributed by atoms with Crippen LogP contribution in [0.3, 0.4) is 0 Å². The van der Waals surface area contributed by atoms with Crippen LogP contribution in [-0.4, -0.2) is 34.9 Å². The molecule has 0 saturated heterocycles. The number of anilines is 1. The highest BCUT2D eigenvalue weighted by Gasteiger charge is 2.26. The molecule has 1 aliphatic rings. The number of halogens is 1. The van der Waals surface area contributed by atoms with Gasteiger partial charge in [0.2, 0.25) is 5.95 Å². The number of rotatable bonds is 5. The third-order valence-corrected chi connectivity index (χ3v) is 5.28. The van der Waals surface area contributed by atoms with E-state index in [1.165, 1.54) is 11.1 Å². The van der Waals surface area contributed by atoms with Crippen LogP contribution in [0.5, 0.6) is 0 Å². The first-order valence-corrected chi connectivity index (χ1v) is 9.63. The molecule has 0 aliphatic carbocycles. The van der Waals surface area contributed by atoms with Crippen molar-refractivity contribution in [2.24, 2.45) is 0 Å². The standard InChI is InChI=1S/C20H18ClN7O/c21-17-3-5-18(6-4-17)28-19(12-27-22-7-8-23-27)24-25-20(28)26-10-15-2-1-14(13-29)9-16(15)11-26/h1-9,29H,10-13H2/p+1. The molecule has 0 saturated carbocycles.